The van der Waals surface area contributed by atoms with E-state index in [9.17, 15) is 19.2 Å². The number of hydrogen-bond donors (Lipinski definition) is 2. The van der Waals surface area contributed by atoms with Gasteiger partial charge in [-0.3, -0.25) is 19.2 Å². The highest BCUT2D eigenvalue weighted by atomic mass is 35.5. The number of ether oxygens (including phenoxy) is 4. The van der Waals surface area contributed by atoms with Crippen LogP contribution in [0, 0.1) is 0 Å². The highest BCUT2D eigenvalue weighted by Crippen LogP contribution is 2.36. The number of carbonyl (C=O) groups is 4. The zero-order valence-corrected chi connectivity index (χ0v) is 41.7. The van der Waals surface area contributed by atoms with E-state index in [4.69, 9.17) is 51.2 Å². The van der Waals surface area contributed by atoms with Crippen LogP contribution < -0.4 is 10.6 Å². The third-order valence-electron chi connectivity index (χ3n) is 12.7. The maximum atomic E-state index is 13.7. The van der Waals surface area contributed by atoms with Gasteiger partial charge in [0.05, 0.1) is 59.8 Å². The van der Waals surface area contributed by atoms with Gasteiger partial charge in [-0.05, 0) is 41.3 Å². The Morgan fingerprint density at radius 1 is 0.740 bits per heavy atom. The molecule has 0 saturated carbocycles. The Morgan fingerprint density at radius 3 is 1.95 bits per heavy atom. The molecule has 2 aliphatic heterocycles. The SMILES string of the molecule is C.CO[C@@H]1CN[C@H](c2cc(CCC(=O)OCc3ccccc3)on2)C1.CO[C@H]1C[C@@H](c2cc(CCC(=O)OCc3ccccc3)on2)N(C(=O)Cc2cc(Cl)c(NC(=O)c3cn(C)c4ccccc34)cc2Cl)C1. The minimum atomic E-state index is -0.390. The van der Waals surface area contributed by atoms with Crippen LogP contribution in [0.15, 0.2) is 124 Å². The number of amides is 2. The molecule has 7 aromatic rings. The van der Waals surface area contributed by atoms with E-state index in [0.29, 0.717) is 71.5 Å². The van der Waals surface area contributed by atoms with Crippen molar-refractivity contribution in [2.24, 2.45) is 7.05 Å². The van der Waals surface area contributed by atoms with E-state index in [-0.39, 0.29) is 80.3 Å². The van der Waals surface area contributed by atoms with E-state index in [2.05, 4.69) is 20.9 Å². The molecule has 9 rings (SSSR count). The van der Waals surface area contributed by atoms with Crippen LogP contribution in [0.5, 0.6) is 0 Å². The summed E-state index contributed by atoms with van der Waals surface area (Å²) in [5.74, 6) is 0.114. The Kier molecular flexibility index (Phi) is 19.0. The van der Waals surface area contributed by atoms with E-state index in [1.807, 2.05) is 103 Å². The van der Waals surface area contributed by atoms with Crippen LogP contribution in [-0.2, 0) is 72.9 Å². The molecule has 5 heterocycles. The molecule has 0 spiro atoms. The molecular weight excluding hydrogens is 976 g/mol. The van der Waals surface area contributed by atoms with Crippen molar-refractivity contribution in [1.29, 1.82) is 0 Å². The third kappa shape index (κ3) is 14.2. The number of carbonyl (C=O) groups excluding carboxylic acids is 4. The lowest BCUT2D eigenvalue weighted by molar-refractivity contribution is -0.145. The lowest BCUT2D eigenvalue weighted by atomic mass is 10.1. The number of likely N-dealkylation sites (tertiary alicyclic amines) is 1. The first-order chi connectivity index (χ1) is 34.9. The highest BCUT2D eigenvalue weighted by molar-refractivity contribution is 6.36. The maximum Gasteiger partial charge on any atom is 0.306 e. The number of para-hydroxylation sites is 1. The summed E-state index contributed by atoms with van der Waals surface area (Å²) >= 11 is 13.2. The summed E-state index contributed by atoms with van der Waals surface area (Å²) in [6, 6.07) is 33.3. The fourth-order valence-electron chi connectivity index (χ4n) is 8.71. The Hall–Kier alpha value is -6.82. The molecule has 73 heavy (non-hydrogen) atoms. The highest BCUT2D eigenvalue weighted by Gasteiger charge is 2.38. The van der Waals surface area contributed by atoms with Crippen molar-refractivity contribution < 1.29 is 47.2 Å². The van der Waals surface area contributed by atoms with E-state index in [0.717, 1.165) is 40.7 Å². The second-order valence-electron chi connectivity index (χ2n) is 17.7. The molecule has 0 unspecified atom stereocenters. The lowest BCUT2D eigenvalue weighted by Gasteiger charge is -2.23. The van der Waals surface area contributed by atoms with Gasteiger partial charge in [0.2, 0.25) is 5.91 Å². The van der Waals surface area contributed by atoms with Crippen LogP contribution in [0.2, 0.25) is 10.0 Å². The van der Waals surface area contributed by atoms with Crippen LogP contribution >= 0.6 is 23.2 Å². The zero-order chi connectivity index (χ0) is 50.6. The van der Waals surface area contributed by atoms with Crippen molar-refractivity contribution in [3.05, 3.63) is 171 Å². The average molecular weight is 1040 g/mol. The van der Waals surface area contributed by atoms with Gasteiger partial charge in [0, 0.05) is 87.9 Å². The van der Waals surface area contributed by atoms with Crippen molar-refractivity contribution in [3.63, 3.8) is 0 Å². The molecule has 0 aliphatic carbocycles. The van der Waals surface area contributed by atoms with Crippen molar-refractivity contribution in [3.8, 4) is 0 Å². The third-order valence-corrected chi connectivity index (χ3v) is 13.4. The van der Waals surface area contributed by atoms with Gasteiger partial charge in [-0.15, -0.1) is 0 Å². The minimum absolute atomic E-state index is 0. The monoisotopic (exact) mass is 1030 g/mol. The number of aromatic nitrogens is 3. The van der Waals surface area contributed by atoms with Gasteiger partial charge in [0.15, 0.2) is 0 Å². The van der Waals surface area contributed by atoms with E-state index in [1.165, 1.54) is 0 Å². The number of anilines is 1. The van der Waals surface area contributed by atoms with Crippen molar-refractivity contribution in [2.75, 3.05) is 32.6 Å². The van der Waals surface area contributed by atoms with Gasteiger partial charge in [-0.2, -0.15) is 0 Å². The van der Waals surface area contributed by atoms with Crippen LogP contribution in [0.25, 0.3) is 10.9 Å². The Labute approximate surface area is 434 Å². The summed E-state index contributed by atoms with van der Waals surface area (Å²) in [4.78, 5) is 52.7. The van der Waals surface area contributed by atoms with Gasteiger partial charge < -0.3 is 48.1 Å². The van der Waals surface area contributed by atoms with Crippen LogP contribution in [0.4, 0.5) is 5.69 Å². The Morgan fingerprint density at radius 2 is 1.33 bits per heavy atom. The lowest BCUT2D eigenvalue weighted by Crippen LogP contribution is -2.33. The van der Waals surface area contributed by atoms with Gasteiger partial charge in [-0.25, -0.2) is 0 Å². The number of aryl methyl sites for hydroxylation is 3. The molecule has 2 N–H and O–H groups in total. The summed E-state index contributed by atoms with van der Waals surface area (Å²) in [5.41, 5.74) is 5.62. The van der Waals surface area contributed by atoms with E-state index in [1.54, 1.807) is 43.5 Å². The first-order valence-electron chi connectivity index (χ1n) is 23.7. The van der Waals surface area contributed by atoms with Gasteiger partial charge in [0.1, 0.15) is 36.1 Å². The molecule has 2 fully saturated rings. The quantitative estimate of drug-likeness (QED) is 0.0774. The summed E-state index contributed by atoms with van der Waals surface area (Å²) in [5, 5.41) is 15.9. The smallest absolute Gasteiger partial charge is 0.306 e. The van der Waals surface area contributed by atoms with Crippen molar-refractivity contribution in [2.45, 2.75) is 89.9 Å². The Balaban J connectivity index is 0.000000262. The first-order valence-corrected chi connectivity index (χ1v) is 24.4. The molecule has 3 aromatic heterocycles. The van der Waals surface area contributed by atoms with E-state index >= 15 is 0 Å². The molecule has 0 radical (unpaired) electrons. The first kappa shape index (κ1) is 54.0. The predicted octanol–water partition coefficient (Wildman–Crippen LogP) is 9.97. The normalized spacial score (nSPS) is 17.1. The van der Waals surface area contributed by atoms with Crippen molar-refractivity contribution >= 4 is 63.5 Å². The summed E-state index contributed by atoms with van der Waals surface area (Å²) in [6.07, 6.45) is 4.37. The molecule has 384 valence electrons. The number of nitrogens with zero attached hydrogens (tertiary/aromatic N) is 4. The second-order valence-corrected chi connectivity index (χ2v) is 18.5. The molecule has 2 saturated heterocycles. The number of nitrogens with one attached hydrogen (secondary N) is 2. The predicted molar refractivity (Wildman–Crippen MR) is 276 cm³/mol. The van der Waals surface area contributed by atoms with Crippen LogP contribution in [-0.4, -0.2) is 83.1 Å². The number of rotatable bonds is 18. The molecule has 16 nitrogen and oxygen atoms in total. The Bertz CT molecular complexity index is 2960. The second kappa shape index (κ2) is 25.7. The molecule has 18 heteroatoms. The van der Waals surface area contributed by atoms with Gasteiger partial charge in [-0.1, -0.05) is 120 Å². The molecule has 4 aromatic carbocycles. The number of esters is 2. The number of fused-ring (bicyclic) bond motifs is 1. The van der Waals surface area contributed by atoms with Crippen molar-refractivity contribution in [1.82, 2.24) is 25.1 Å². The van der Waals surface area contributed by atoms with Crippen LogP contribution in [0.1, 0.15) is 95.2 Å². The molecular formula is C55H60Cl2N6O10. The average Bonchev–Trinajstić information content (AvgIpc) is 4.27. The number of methoxy groups -OCH3 is 2. The maximum absolute atomic E-state index is 13.7. The summed E-state index contributed by atoms with van der Waals surface area (Å²) in [7, 11) is 5.19. The zero-order valence-electron chi connectivity index (χ0n) is 40.2. The number of hydrogen-bond acceptors (Lipinski definition) is 13. The molecule has 2 aliphatic rings. The topological polar surface area (TPSA) is 189 Å². The standard InChI is InChI=1S/C36H34Cl2N4O6.C18H22N2O4.CH4/c1-41-20-27(26-10-6-7-11-32(26)41)36(45)39-30-18-28(37)23(14-29(30)38)15-34(43)42-19-25(46-2)17-33(42)31-16-24(48-40-31)12-13-35(44)47-21-22-8-4-3-5-9-22;1-22-15-10-16(19-11-15)17-9-14(24-20-17)7-8-18(21)23-12-13-5-3-2-4-6-13;/h3-11,14,16,18,20,25,33H,12-13,15,17,19,21H2,1-2H3,(H,39,45);2-6,9,15-16,19H,7-8,10-12H2,1H3;1H4/t25-,33-;15-,16-;/m00./s1. The number of benzene rings is 4. The van der Waals surface area contributed by atoms with Gasteiger partial charge in [0.25, 0.3) is 5.91 Å². The van der Waals surface area contributed by atoms with E-state index < -0.39 is 6.04 Å². The minimum Gasteiger partial charge on any atom is -0.461 e. The summed E-state index contributed by atoms with van der Waals surface area (Å²) in [6.45, 7) is 1.68. The number of halogens is 2. The molecule has 4 atom stereocenters. The van der Waals surface area contributed by atoms with Gasteiger partial charge >= 0.3 is 11.9 Å². The fourth-order valence-corrected chi connectivity index (χ4v) is 9.18. The molecule has 0 bridgehead atoms. The largest absolute Gasteiger partial charge is 0.461 e. The fraction of sp³-hybridized carbons (Fsp3) is 0.345. The summed E-state index contributed by atoms with van der Waals surface area (Å²) < 4.78 is 34.3. The van der Waals surface area contributed by atoms with Crippen LogP contribution in [0.3, 0.4) is 0 Å². The molecule has 2 amide bonds.